The molecule has 0 unspecified atom stereocenters. The van der Waals surface area contributed by atoms with Gasteiger partial charge in [0.1, 0.15) is 11.2 Å². The average molecular weight is 194 g/mol. The number of carbonyl (C=O) groups excluding carboxylic acids is 1. The molecule has 0 N–H and O–H groups in total. The first kappa shape index (κ1) is 9.99. The normalized spacial score (nSPS) is 10.4. The lowest BCUT2D eigenvalue weighted by Gasteiger charge is -2.12. The quantitative estimate of drug-likeness (QED) is 0.670. The van der Waals surface area contributed by atoms with Crippen molar-refractivity contribution in [1.82, 2.24) is 0 Å². The van der Waals surface area contributed by atoms with Crippen molar-refractivity contribution >= 4 is 15.6 Å². The van der Waals surface area contributed by atoms with Crippen molar-refractivity contribution < 1.29 is 9.53 Å². The van der Waals surface area contributed by atoms with E-state index in [9.17, 15) is 4.79 Å². The van der Waals surface area contributed by atoms with Gasteiger partial charge < -0.3 is 9.53 Å². The fourth-order valence-electron chi connectivity index (χ4n) is 1.11. The van der Waals surface area contributed by atoms with Gasteiger partial charge in [-0.05, 0) is 26.0 Å². The molecule has 0 bridgehead atoms. The van der Waals surface area contributed by atoms with Crippen molar-refractivity contribution in [3.05, 3.63) is 29.8 Å². The lowest BCUT2D eigenvalue weighted by atomic mass is 10.2. The van der Waals surface area contributed by atoms with Gasteiger partial charge in [0.05, 0.1) is 21.9 Å². The fourth-order valence-corrected chi connectivity index (χ4v) is 1.53. The molecule has 0 heterocycles. The standard InChI is InChI=1S/C10H14O2Si/c1-7(2)12-9-6-4-3-5-8(9)10(11)13/h3-7H,1-2,13H3. The van der Waals surface area contributed by atoms with E-state index in [4.69, 9.17) is 4.74 Å². The molecule has 0 saturated carbocycles. The first-order valence-corrected chi connectivity index (χ1v) is 5.38. The van der Waals surface area contributed by atoms with E-state index in [0.29, 0.717) is 21.6 Å². The number of benzene rings is 1. The van der Waals surface area contributed by atoms with Gasteiger partial charge in [0.2, 0.25) is 0 Å². The summed E-state index contributed by atoms with van der Waals surface area (Å²) in [4.78, 5) is 11.2. The highest BCUT2D eigenvalue weighted by atomic mass is 28.1. The van der Waals surface area contributed by atoms with Gasteiger partial charge in [-0.1, -0.05) is 12.1 Å². The van der Waals surface area contributed by atoms with Crippen molar-refractivity contribution in [3.8, 4) is 5.75 Å². The molecule has 0 radical (unpaired) electrons. The highest BCUT2D eigenvalue weighted by molar-refractivity contribution is 6.62. The maximum absolute atomic E-state index is 11.2. The molecule has 0 saturated heterocycles. The Kier molecular flexibility index (Phi) is 3.25. The smallest absolute Gasteiger partial charge is 0.132 e. The molecule has 3 heteroatoms. The molecule has 0 aliphatic carbocycles. The summed E-state index contributed by atoms with van der Waals surface area (Å²) in [5.74, 6) is 0.706. The Hall–Kier alpha value is -1.09. The lowest BCUT2D eigenvalue weighted by molar-refractivity contribution is 0.107. The number of para-hydroxylation sites is 1. The Morgan fingerprint density at radius 3 is 2.54 bits per heavy atom. The molecule has 0 atom stereocenters. The van der Waals surface area contributed by atoms with Crippen LogP contribution in [0.25, 0.3) is 0 Å². The van der Waals surface area contributed by atoms with Gasteiger partial charge in [-0.15, -0.1) is 0 Å². The Bertz CT molecular complexity index is 308. The molecule has 0 fully saturated rings. The van der Waals surface area contributed by atoms with Crippen LogP contribution in [-0.4, -0.2) is 21.8 Å². The Labute approximate surface area is 81.3 Å². The fraction of sp³-hybridized carbons (Fsp3) is 0.300. The van der Waals surface area contributed by atoms with Gasteiger partial charge in [0, 0.05) is 0 Å². The van der Waals surface area contributed by atoms with Crippen LogP contribution in [0, 0.1) is 0 Å². The SMILES string of the molecule is CC(C)Oc1ccccc1C(=O)[SiH3]. The van der Waals surface area contributed by atoms with Crippen LogP contribution in [0.1, 0.15) is 24.2 Å². The third kappa shape index (κ3) is 2.70. The summed E-state index contributed by atoms with van der Waals surface area (Å²) in [5.41, 5.74) is 0.711. The highest BCUT2D eigenvalue weighted by Crippen LogP contribution is 2.18. The molecule has 0 aliphatic heterocycles. The second-order valence-corrected chi connectivity index (χ2v) is 4.13. The molecule has 1 aromatic rings. The van der Waals surface area contributed by atoms with E-state index in [2.05, 4.69) is 0 Å². The summed E-state index contributed by atoms with van der Waals surface area (Å²) in [6, 6.07) is 7.39. The van der Waals surface area contributed by atoms with E-state index in [0.717, 1.165) is 0 Å². The van der Waals surface area contributed by atoms with Crippen LogP contribution in [0.5, 0.6) is 5.75 Å². The largest absolute Gasteiger partial charge is 0.490 e. The highest BCUT2D eigenvalue weighted by Gasteiger charge is 2.07. The number of carbonyl (C=O) groups is 1. The zero-order chi connectivity index (χ0) is 9.84. The van der Waals surface area contributed by atoms with Gasteiger partial charge >= 0.3 is 0 Å². The predicted octanol–water partition coefficient (Wildman–Crippen LogP) is 0.979. The van der Waals surface area contributed by atoms with E-state index in [-0.39, 0.29) is 11.5 Å². The molecular weight excluding hydrogens is 180 g/mol. The molecule has 0 aromatic heterocycles. The Balaban J connectivity index is 2.98. The second kappa shape index (κ2) is 4.23. The summed E-state index contributed by atoms with van der Waals surface area (Å²) in [7, 11) is 0.537. The van der Waals surface area contributed by atoms with Gasteiger partial charge in [0.25, 0.3) is 0 Å². The molecule has 13 heavy (non-hydrogen) atoms. The van der Waals surface area contributed by atoms with E-state index >= 15 is 0 Å². The maximum Gasteiger partial charge on any atom is 0.132 e. The molecule has 2 nitrogen and oxygen atoms in total. The van der Waals surface area contributed by atoms with Crippen molar-refractivity contribution in [2.24, 2.45) is 0 Å². The third-order valence-corrected chi connectivity index (χ3v) is 2.17. The minimum Gasteiger partial charge on any atom is -0.490 e. The maximum atomic E-state index is 11.2. The number of rotatable bonds is 3. The lowest BCUT2D eigenvalue weighted by Crippen LogP contribution is -2.09. The summed E-state index contributed by atoms with van der Waals surface area (Å²) in [6.45, 7) is 3.91. The van der Waals surface area contributed by atoms with Crippen LogP contribution >= 0.6 is 0 Å². The molecule has 0 amide bonds. The first-order chi connectivity index (χ1) is 6.11. The van der Waals surface area contributed by atoms with Gasteiger partial charge in [-0.3, -0.25) is 0 Å². The van der Waals surface area contributed by atoms with Crippen molar-refractivity contribution in [2.45, 2.75) is 20.0 Å². The summed E-state index contributed by atoms with van der Waals surface area (Å²) in [6.07, 6.45) is 0.113. The van der Waals surface area contributed by atoms with E-state index in [1.165, 1.54) is 0 Å². The number of ether oxygens (including phenoxy) is 1. The van der Waals surface area contributed by atoms with Crippen LogP contribution < -0.4 is 4.74 Å². The minimum atomic E-state index is 0.113. The summed E-state index contributed by atoms with van der Waals surface area (Å²) < 4.78 is 5.51. The molecular formula is C10H14O2Si. The number of hydrogen-bond acceptors (Lipinski definition) is 2. The first-order valence-electron chi connectivity index (χ1n) is 4.38. The summed E-state index contributed by atoms with van der Waals surface area (Å²) in [5, 5.41) is 0.177. The van der Waals surface area contributed by atoms with Crippen LogP contribution in [0.3, 0.4) is 0 Å². The van der Waals surface area contributed by atoms with Gasteiger partial charge in [-0.25, -0.2) is 0 Å². The van der Waals surface area contributed by atoms with Crippen molar-refractivity contribution in [3.63, 3.8) is 0 Å². The zero-order valence-corrected chi connectivity index (χ0v) is 10.2. The van der Waals surface area contributed by atoms with E-state index in [1.54, 1.807) is 0 Å². The molecule has 1 aromatic carbocycles. The van der Waals surface area contributed by atoms with Crippen LogP contribution in [-0.2, 0) is 0 Å². The molecule has 1 rings (SSSR count). The molecule has 0 spiro atoms. The summed E-state index contributed by atoms with van der Waals surface area (Å²) >= 11 is 0. The van der Waals surface area contributed by atoms with Crippen LogP contribution in [0.15, 0.2) is 24.3 Å². The molecule has 0 aliphatic rings. The Morgan fingerprint density at radius 1 is 1.38 bits per heavy atom. The van der Waals surface area contributed by atoms with Crippen LogP contribution in [0.4, 0.5) is 0 Å². The monoisotopic (exact) mass is 194 g/mol. The van der Waals surface area contributed by atoms with Crippen LogP contribution in [0.2, 0.25) is 0 Å². The zero-order valence-electron chi connectivity index (χ0n) is 8.20. The average Bonchev–Trinajstić information content (AvgIpc) is 2.03. The van der Waals surface area contributed by atoms with Crippen molar-refractivity contribution in [1.29, 1.82) is 0 Å². The van der Waals surface area contributed by atoms with E-state index < -0.39 is 0 Å². The Morgan fingerprint density at radius 2 is 2.00 bits per heavy atom. The topological polar surface area (TPSA) is 26.3 Å². The predicted molar refractivity (Wildman–Crippen MR) is 56.5 cm³/mol. The molecule has 70 valence electrons. The minimum absolute atomic E-state index is 0.113. The second-order valence-electron chi connectivity index (χ2n) is 3.22. The third-order valence-electron chi connectivity index (χ3n) is 1.63. The van der Waals surface area contributed by atoms with Crippen molar-refractivity contribution in [2.75, 3.05) is 0 Å². The van der Waals surface area contributed by atoms with Gasteiger partial charge in [-0.2, -0.15) is 0 Å². The van der Waals surface area contributed by atoms with E-state index in [1.807, 2.05) is 38.1 Å². The van der Waals surface area contributed by atoms with Gasteiger partial charge in [0.15, 0.2) is 0 Å². The number of hydrogen-bond donors (Lipinski definition) is 0.